The van der Waals surface area contributed by atoms with Gasteiger partial charge in [0.25, 0.3) is 5.91 Å². The summed E-state index contributed by atoms with van der Waals surface area (Å²) in [7, 11) is -3.65. The number of H-pyrrole nitrogens is 1. The molecule has 1 amide bonds. The van der Waals surface area contributed by atoms with Gasteiger partial charge >= 0.3 is 5.97 Å². The van der Waals surface area contributed by atoms with Gasteiger partial charge < -0.3 is 15.4 Å². The Morgan fingerprint density at radius 3 is 2.72 bits per heavy atom. The van der Waals surface area contributed by atoms with E-state index in [1.807, 2.05) is 0 Å². The number of sulfonamides is 1. The van der Waals surface area contributed by atoms with Crippen LogP contribution in [0.5, 0.6) is 0 Å². The highest BCUT2D eigenvalue weighted by Gasteiger charge is 2.28. The molecule has 1 fully saturated rings. The van der Waals surface area contributed by atoms with Gasteiger partial charge in [0, 0.05) is 30.8 Å². The Balaban J connectivity index is 2.10. The number of hydrogen-bond acceptors (Lipinski definition) is 5. The summed E-state index contributed by atoms with van der Waals surface area (Å²) in [5.41, 5.74) is 0.00909. The van der Waals surface area contributed by atoms with E-state index in [9.17, 15) is 18.0 Å². The van der Waals surface area contributed by atoms with E-state index in [4.69, 9.17) is 5.11 Å². The number of nitrogens with zero attached hydrogens (tertiary/aromatic N) is 1. The number of carbonyl (C=O) groups is 2. The maximum Gasteiger partial charge on any atom is 0.326 e. The molecular formula is C15H21N3O5S2. The number of aliphatic carboxylic acids is 1. The first-order valence-corrected chi connectivity index (χ1v) is 10.4. The van der Waals surface area contributed by atoms with E-state index in [0.717, 1.165) is 11.5 Å². The first-order chi connectivity index (χ1) is 11.9. The molecule has 1 aromatic heterocycles. The van der Waals surface area contributed by atoms with E-state index in [0.29, 0.717) is 19.5 Å². The molecule has 1 atom stereocenters. The second-order valence-corrected chi connectivity index (χ2v) is 8.66. The van der Waals surface area contributed by atoms with Crippen molar-refractivity contribution in [1.29, 1.82) is 0 Å². The minimum Gasteiger partial charge on any atom is -0.480 e. The maximum absolute atomic E-state index is 12.6. The van der Waals surface area contributed by atoms with Crippen LogP contribution in [-0.4, -0.2) is 65.3 Å². The third-order valence-corrected chi connectivity index (χ3v) is 6.59. The summed E-state index contributed by atoms with van der Waals surface area (Å²) in [6.07, 6.45) is 3.47. The zero-order chi connectivity index (χ0) is 18.4. The van der Waals surface area contributed by atoms with Crippen molar-refractivity contribution in [2.24, 2.45) is 0 Å². The van der Waals surface area contributed by atoms with Gasteiger partial charge in [0.2, 0.25) is 10.0 Å². The first-order valence-electron chi connectivity index (χ1n) is 7.77. The number of aromatic nitrogens is 1. The number of nitrogens with one attached hydrogen (secondary N) is 2. The molecule has 0 bridgehead atoms. The van der Waals surface area contributed by atoms with Crippen LogP contribution in [0.1, 0.15) is 23.3 Å². The number of carboxylic acid groups (broad SMARTS) is 1. The zero-order valence-corrected chi connectivity index (χ0v) is 15.2. The van der Waals surface area contributed by atoms with Gasteiger partial charge in [0.05, 0.1) is 0 Å². The molecule has 1 aromatic rings. The lowest BCUT2D eigenvalue weighted by Gasteiger charge is -2.24. The van der Waals surface area contributed by atoms with E-state index in [1.54, 1.807) is 17.8 Å². The van der Waals surface area contributed by atoms with Crippen LogP contribution in [0.3, 0.4) is 0 Å². The van der Waals surface area contributed by atoms with Crippen molar-refractivity contribution in [3.05, 3.63) is 30.6 Å². The van der Waals surface area contributed by atoms with Gasteiger partial charge in [-0.05, 0) is 18.9 Å². The molecule has 1 aliphatic heterocycles. The fourth-order valence-corrected chi connectivity index (χ4v) is 4.94. The summed E-state index contributed by atoms with van der Waals surface area (Å²) >= 11 is 1.70. The summed E-state index contributed by atoms with van der Waals surface area (Å²) in [6, 6.07) is 0.173. The summed E-state index contributed by atoms with van der Waals surface area (Å²) < 4.78 is 26.5. The molecule has 1 saturated heterocycles. The number of carbonyl (C=O) groups excluding carboxylic acids is 1. The Hall–Kier alpha value is -1.78. The fourth-order valence-electron chi connectivity index (χ4n) is 2.37. The van der Waals surface area contributed by atoms with Crippen LogP contribution in [0.15, 0.2) is 29.8 Å². The molecule has 25 heavy (non-hydrogen) atoms. The predicted molar refractivity (Wildman–Crippen MR) is 95.2 cm³/mol. The minimum absolute atomic E-state index is 0.00233. The lowest BCUT2D eigenvalue weighted by atomic mass is 10.1. The molecule has 0 saturated carbocycles. The summed E-state index contributed by atoms with van der Waals surface area (Å²) in [4.78, 5) is 26.0. The normalized spacial score (nSPS) is 17.0. The number of allylic oxidation sites excluding steroid dienone is 1. The predicted octanol–water partition coefficient (Wildman–Crippen LogP) is 0.901. The van der Waals surface area contributed by atoms with Crippen LogP contribution in [-0.2, 0) is 14.8 Å². The zero-order valence-electron chi connectivity index (χ0n) is 13.6. The largest absolute Gasteiger partial charge is 0.480 e. The van der Waals surface area contributed by atoms with Crippen molar-refractivity contribution in [1.82, 2.24) is 14.6 Å². The molecule has 1 aliphatic rings. The Morgan fingerprint density at radius 1 is 1.44 bits per heavy atom. The highest BCUT2D eigenvalue weighted by atomic mass is 32.2. The summed E-state index contributed by atoms with van der Waals surface area (Å²) in [5, 5.41) is 11.5. The third-order valence-electron chi connectivity index (χ3n) is 3.77. The highest BCUT2D eigenvalue weighted by Crippen LogP contribution is 2.20. The Bertz CT molecular complexity index is 738. The number of aromatic amines is 1. The fraction of sp³-hybridized carbons (Fsp3) is 0.467. The molecule has 0 spiro atoms. The second kappa shape index (κ2) is 8.54. The van der Waals surface area contributed by atoms with Crippen molar-refractivity contribution >= 4 is 33.7 Å². The van der Waals surface area contributed by atoms with Crippen LogP contribution in [0.2, 0.25) is 0 Å². The smallest absolute Gasteiger partial charge is 0.326 e. The average molecular weight is 387 g/mol. The van der Waals surface area contributed by atoms with Gasteiger partial charge in [0.15, 0.2) is 0 Å². The summed E-state index contributed by atoms with van der Waals surface area (Å²) in [5.74, 6) is -0.339. The third kappa shape index (κ3) is 4.86. The Morgan fingerprint density at radius 2 is 2.12 bits per heavy atom. The molecule has 1 unspecified atom stereocenters. The van der Waals surface area contributed by atoms with E-state index >= 15 is 0 Å². The van der Waals surface area contributed by atoms with Crippen LogP contribution in [0, 0.1) is 0 Å². The Kier molecular flexibility index (Phi) is 6.68. The van der Waals surface area contributed by atoms with Crippen LogP contribution < -0.4 is 5.32 Å². The topological polar surface area (TPSA) is 120 Å². The molecule has 3 N–H and O–H groups in total. The van der Waals surface area contributed by atoms with Gasteiger partial charge in [-0.15, -0.1) is 6.58 Å². The molecule has 8 nitrogen and oxygen atoms in total. The maximum atomic E-state index is 12.6. The number of amides is 1. The van der Waals surface area contributed by atoms with Gasteiger partial charge in [-0.1, -0.05) is 6.08 Å². The molecule has 138 valence electrons. The van der Waals surface area contributed by atoms with E-state index < -0.39 is 27.9 Å². The van der Waals surface area contributed by atoms with Gasteiger partial charge in [-0.3, -0.25) is 4.79 Å². The van der Waals surface area contributed by atoms with Crippen LogP contribution in [0.25, 0.3) is 0 Å². The van der Waals surface area contributed by atoms with Gasteiger partial charge in [-0.2, -0.15) is 16.1 Å². The van der Waals surface area contributed by atoms with Crippen molar-refractivity contribution in [3.63, 3.8) is 0 Å². The van der Waals surface area contributed by atoms with Crippen molar-refractivity contribution < 1.29 is 23.1 Å². The molecule has 10 heteroatoms. The summed E-state index contributed by atoms with van der Waals surface area (Å²) in [6.45, 7) is 4.39. The Labute approximate surface area is 150 Å². The molecular weight excluding hydrogens is 366 g/mol. The van der Waals surface area contributed by atoms with E-state index in [2.05, 4.69) is 16.9 Å². The van der Waals surface area contributed by atoms with Crippen molar-refractivity contribution in [2.75, 3.05) is 24.6 Å². The van der Waals surface area contributed by atoms with E-state index in [-0.39, 0.29) is 17.0 Å². The highest BCUT2D eigenvalue weighted by molar-refractivity contribution is 7.99. The van der Waals surface area contributed by atoms with Crippen molar-refractivity contribution in [3.8, 4) is 0 Å². The number of carboxylic acids is 1. The quantitative estimate of drug-likeness (QED) is 0.570. The lowest BCUT2D eigenvalue weighted by Crippen LogP contribution is -2.40. The number of hydrogen-bond donors (Lipinski definition) is 3. The average Bonchev–Trinajstić information content (AvgIpc) is 3.10. The standard InChI is InChI=1S/C15H21N3O5S2/c1-2-3-4-12(15(20)21)17-14(19)13-9-11(10-16-13)25(22,23)18-5-7-24-8-6-18/h2,9-10,12,16H,1,3-8H2,(H,17,19)(H,20,21). The SMILES string of the molecule is C=CCCC(NC(=O)c1cc(S(=O)(=O)N2CCSCC2)c[nH]1)C(=O)O. The molecule has 0 aliphatic carbocycles. The second-order valence-electron chi connectivity index (χ2n) is 5.50. The van der Waals surface area contributed by atoms with Crippen LogP contribution >= 0.6 is 11.8 Å². The monoisotopic (exact) mass is 387 g/mol. The molecule has 0 aromatic carbocycles. The molecule has 2 rings (SSSR count). The van der Waals surface area contributed by atoms with Crippen molar-refractivity contribution in [2.45, 2.75) is 23.8 Å². The van der Waals surface area contributed by atoms with Gasteiger partial charge in [0.1, 0.15) is 16.6 Å². The van der Waals surface area contributed by atoms with E-state index in [1.165, 1.54) is 16.6 Å². The lowest BCUT2D eigenvalue weighted by molar-refractivity contribution is -0.139. The molecule has 2 heterocycles. The van der Waals surface area contributed by atoms with Crippen LogP contribution in [0.4, 0.5) is 0 Å². The van der Waals surface area contributed by atoms with Gasteiger partial charge in [-0.25, -0.2) is 13.2 Å². The molecule has 0 radical (unpaired) electrons. The first kappa shape index (κ1) is 19.5. The minimum atomic E-state index is -3.65. The number of rotatable bonds is 8. The number of thioether (sulfide) groups is 1.